The highest BCUT2D eigenvalue weighted by Gasteiger charge is 2.30. The summed E-state index contributed by atoms with van der Waals surface area (Å²) < 4.78 is 5.03. The zero-order chi connectivity index (χ0) is 13.0. The van der Waals surface area contributed by atoms with E-state index in [0.717, 1.165) is 19.4 Å². The van der Waals surface area contributed by atoms with Crippen molar-refractivity contribution >= 4 is 17.4 Å². The molecular formula is C13H20N2O2S. The second kappa shape index (κ2) is 6.20. The third-order valence-corrected chi connectivity index (χ3v) is 3.93. The molecule has 100 valence electrons. The SMILES string of the molecule is COC[C@@H](C)NC(=O)N1CCC[C@@H]1c1ccsc1. The van der Waals surface area contributed by atoms with Crippen LogP contribution < -0.4 is 5.32 Å². The molecule has 2 heterocycles. The van der Waals surface area contributed by atoms with Crippen LogP contribution in [0.3, 0.4) is 0 Å². The molecule has 5 heteroatoms. The quantitative estimate of drug-likeness (QED) is 0.912. The number of hydrogen-bond acceptors (Lipinski definition) is 3. The van der Waals surface area contributed by atoms with E-state index in [-0.39, 0.29) is 18.1 Å². The van der Waals surface area contributed by atoms with E-state index in [1.165, 1.54) is 5.56 Å². The van der Waals surface area contributed by atoms with Crippen molar-refractivity contribution in [3.05, 3.63) is 22.4 Å². The largest absolute Gasteiger partial charge is 0.383 e. The maximum atomic E-state index is 12.2. The summed E-state index contributed by atoms with van der Waals surface area (Å²) in [7, 11) is 1.65. The number of ether oxygens (including phenoxy) is 1. The van der Waals surface area contributed by atoms with Crippen molar-refractivity contribution in [2.45, 2.75) is 31.8 Å². The van der Waals surface area contributed by atoms with Crippen LogP contribution in [0.4, 0.5) is 4.79 Å². The maximum absolute atomic E-state index is 12.2. The lowest BCUT2D eigenvalue weighted by atomic mass is 10.1. The van der Waals surface area contributed by atoms with Crippen LogP contribution in [0.15, 0.2) is 16.8 Å². The molecule has 0 unspecified atom stereocenters. The summed E-state index contributed by atoms with van der Waals surface area (Å²) in [6.45, 7) is 3.34. The third-order valence-electron chi connectivity index (χ3n) is 3.23. The molecule has 18 heavy (non-hydrogen) atoms. The van der Waals surface area contributed by atoms with Crippen molar-refractivity contribution in [1.82, 2.24) is 10.2 Å². The Kier molecular flexibility index (Phi) is 4.60. The Labute approximate surface area is 112 Å². The van der Waals surface area contributed by atoms with Gasteiger partial charge in [0.25, 0.3) is 0 Å². The Morgan fingerprint density at radius 2 is 2.56 bits per heavy atom. The Morgan fingerprint density at radius 3 is 3.22 bits per heavy atom. The number of urea groups is 1. The molecule has 4 nitrogen and oxygen atoms in total. The topological polar surface area (TPSA) is 41.6 Å². The summed E-state index contributed by atoms with van der Waals surface area (Å²) in [5, 5.41) is 7.18. The molecule has 1 N–H and O–H groups in total. The molecule has 2 atom stereocenters. The second-order valence-corrected chi connectivity index (χ2v) is 5.49. The summed E-state index contributed by atoms with van der Waals surface area (Å²) in [5.41, 5.74) is 1.26. The molecule has 1 aromatic heterocycles. The van der Waals surface area contributed by atoms with Gasteiger partial charge in [0, 0.05) is 13.7 Å². The Morgan fingerprint density at radius 1 is 1.72 bits per heavy atom. The van der Waals surface area contributed by atoms with Crippen LogP contribution in [0.2, 0.25) is 0 Å². The minimum Gasteiger partial charge on any atom is -0.383 e. The van der Waals surface area contributed by atoms with Gasteiger partial charge in [0.05, 0.1) is 18.7 Å². The lowest BCUT2D eigenvalue weighted by Crippen LogP contribution is -2.44. The zero-order valence-corrected chi connectivity index (χ0v) is 11.7. The van der Waals surface area contributed by atoms with Gasteiger partial charge in [-0.15, -0.1) is 0 Å². The highest BCUT2D eigenvalue weighted by Crippen LogP contribution is 2.32. The van der Waals surface area contributed by atoms with Crippen LogP contribution in [0.25, 0.3) is 0 Å². The monoisotopic (exact) mass is 268 g/mol. The van der Waals surface area contributed by atoms with Crippen molar-refractivity contribution in [3.8, 4) is 0 Å². The number of nitrogens with one attached hydrogen (secondary N) is 1. The Balaban J connectivity index is 1.97. The molecule has 1 fully saturated rings. The van der Waals surface area contributed by atoms with Gasteiger partial charge in [0.2, 0.25) is 0 Å². The van der Waals surface area contributed by atoms with E-state index in [1.54, 1.807) is 18.4 Å². The van der Waals surface area contributed by atoms with Crippen molar-refractivity contribution < 1.29 is 9.53 Å². The van der Waals surface area contributed by atoms with Gasteiger partial charge in [-0.3, -0.25) is 0 Å². The number of rotatable bonds is 4. The minimum absolute atomic E-state index is 0.0215. The lowest BCUT2D eigenvalue weighted by Gasteiger charge is -2.26. The number of hydrogen-bond donors (Lipinski definition) is 1. The molecule has 2 amide bonds. The molecule has 0 radical (unpaired) electrons. The van der Waals surface area contributed by atoms with Gasteiger partial charge >= 0.3 is 6.03 Å². The fourth-order valence-corrected chi connectivity index (χ4v) is 3.11. The summed E-state index contributed by atoms with van der Waals surface area (Å²) in [6.07, 6.45) is 2.13. The van der Waals surface area contributed by atoms with Crippen LogP contribution in [-0.4, -0.2) is 37.2 Å². The number of carbonyl (C=O) groups is 1. The van der Waals surface area contributed by atoms with E-state index in [0.29, 0.717) is 6.61 Å². The highest BCUT2D eigenvalue weighted by atomic mass is 32.1. The summed E-state index contributed by atoms with van der Waals surface area (Å²) in [4.78, 5) is 14.1. The van der Waals surface area contributed by atoms with Gasteiger partial charge in [-0.1, -0.05) is 0 Å². The summed E-state index contributed by atoms with van der Waals surface area (Å²) in [5.74, 6) is 0. The number of amides is 2. The average Bonchev–Trinajstić information content (AvgIpc) is 3.00. The first kappa shape index (κ1) is 13.4. The second-order valence-electron chi connectivity index (χ2n) is 4.71. The fraction of sp³-hybridized carbons (Fsp3) is 0.615. The van der Waals surface area contributed by atoms with Crippen LogP contribution in [-0.2, 0) is 4.74 Å². The van der Waals surface area contributed by atoms with E-state index in [1.807, 2.05) is 11.8 Å². The molecule has 0 bridgehead atoms. The van der Waals surface area contributed by atoms with Crippen molar-refractivity contribution in [3.63, 3.8) is 0 Å². The number of methoxy groups -OCH3 is 1. The first-order valence-electron chi connectivity index (χ1n) is 6.30. The normalized spacial score (nSPS) is 21.0. The van der Waals surface area contributed by atoms with E-state index in [9.17, 15) is 4.79 Å². The number of thiophene rings is 1. The predicted molar refractivity (Wildman–Crippen MR) is 72.9 cm³/mol. The maximum Gasteiger partial charge on any atom is 0.318 e. The molecule has 0 saturated carbocycles. The van der Waals surface area contributed by atoms with Crippen molar-refractivity contribution in [2.24, 2.45) is 0 Å². The standard InChI is InChI=1S/C13H20N2O2S/c1-10(8-17-2)14-13(16)15-6-3-4-12(15)11-5-7-18-9-11/h5,7,9-10,12H,3-4,6,8H2,1-2H3,(H,14,16)/t10-,12-/m1/s1. The molecule has 0 aromatic carbocycles. The molecule has 1 aliphatic heterocycles. The summed E-state index contributed by atoms with van der Waals surface area (Å²) in [6, 6.07) is 2.42. The summed E-state index contributed by atoms with van der Waals surface area (Å²) >= 11 is 1.68. The predicted octanol–water partition coefficient (Wildman–Crippen LogP) is 2.63. The van der Waals surface area contributed by atoms with Gasteiger partial charge in [-0.2, -0.15) is 11.3 Å². The van der Waals surface area contributed by atoms with Gasteiger partial charge < -0.3 is 15.0 Å². The number of likely N-dealkylation sites (tertiary alicyclic amines) is 1. The Hall–Kier alpha value is -1.07. The van der Waals surface area contributed by atoms with Crippen LogP contribution in [0, 0.1) is 0 Å². The minimum atomic E-state index is 0.0215. The van der Waals surface area contributed by atoms with Gasteiger partial charge in [0.1, 0.15) is 0 Å². The van der Waals surface area contributed by atoms with Crippen LogP contribution in [0.1, 0.15) is 31.4 Å². The molecular weight excluding hydrogens is 248 g/mol. The van der Waals surface area contributed by atoms with Crippen LogP contribution in [0.5, 0.6) is 0 Å². The third kappa shape index (κ3) is 3.03. The molecule has 1 aliphatic rings. The number of nitrogens with zero attached hydrogens (tertiary/aromatic N) is 1. The zero-order valence-electron chi connectivity index (χ0n) is 10.9. The smallest absolute Gasteiger partial charge is 0.318 e. The lowest BCUT2D eigenvalue weighted by molar-refractivity contribution is 0.157. The highest BCUT2D eigenvalue weighted by molar-refractivity contribution is 7.07. The van der Waals surface area contributed by atoms with E-state index in [2.05, 4.69) is 22.1 Å². The van der Waals surface area contributed by atoms with E-state index in [4.69, 9.17) is 4.74 Å². The Bertz CT molecular complexity index is 380. The first-order valence-corrected chi connectivity index (χ1v) is 7.25. The molecule has 2 rings (SSSR count). The van der Waals surface area contributed by atoms with E-state index < -0.39 is 0 Å². The van der Waals surface area contributed by atoms with Crippen molar-refractivity contribution in [1.29, 1.82) is 0 Å². The van der Waals surface area contributed by atoms with E-state index >= 15 is 0 Å². The molecule has 1 aromatic rings. The van der Waals surface area contributed by atoms with Gasteiger partial charge in [-0.05, 0) is 42.2 Å². The molecule has 1 saturated heterocycles. The van der Waals surface area contributed by atoms with Gasteiger partial charge in [-0.25, -0.2) is 4.79 Å². The molecule has 0 spiro atoms. The first-order chi connectivity index (χ1) is 8.72. The van der Waals surface area contributed by atoms with Gasteiger partial charge in [0.15, 0.2) is 0 Å². The van der Waals surface area contributed by atoms with Crippen molar-refractivity contribution in [2.75, 3.05) is 20.3 Å². The van der Waals surface area contributed by atoms with Crippen LogP contribution >= 0.6 is 11.3 Å². The fourth-order valence-electron chi connectivity index (χ4n) is 2.41. The average molecular weight is 268 g/mol. The number of carbonyl (C=O) groups excluding carboxylic acids is 1. The molecule has 0 aliphatic carbocycles.